The van der Waals surface area contributed by atoms with Gasteiger partial charge in [-0.3, -0.25) is 9.69 Å². The predicted molar refractivity (Wildman–Crippen MR) is 104 cm³/mol. The van der Waals surface area contributed by atoms with Crippen LogP contribution >= 0.6 is 12.4 Å². The molecule has 1 atom stereocenters. The van der Waals surface area contributed by atoms with E-state index < -0.39 is 5.41 Å². The maximum atomic E-state index is 12.2. The Morgan fingerprint density at radius 3 is 2.44 bits per heavy atom. The molecule has 0 radical (unpaired) electrons. The third-order valence-corrected chi connectivity index (χ3v) is 4.29. The van der Waals surface area contributed by atoms with Crippen molar-refractivity contribution in [2.75, 3.05) is 19.7 Å². The van der Waals surface area contributed by atoms with E-state index in [1.165, 1.54) is 0 Å². The van der Waals surface area contributed by atoms with Crippen LogP contribution in [0, 0.1) is 5.41 Å². The van der Waals surface area contributed by atoms with Crippen LogP contribution in [0.5, 0.6) is 11.5 Å². The van der Waals surface area contributed by atoms with Crippen LogP contribution in [0.15, 0.2) is 18.2 Å². The number of hydrogen-bond acceptors (Lipinski definition) is 4. The first-order valence-electron chi connectivity index (χ1n) is 9.07. The summed E-state index contributed by atoms with van der Waals surface area (Å²) in [5.41, 5.74) is 0.599. The van der Waals surface area contributed by atoms with Gasteiger partial charge in [-0.05, 0) is 64.8 Å². The largest absolute Gasteiger partial charge is 0.488 e. The van der Waals surface area contributed by atoms with Gasteiger partial charge in [-0.15, -0.1) is 12.4 Å². The van der Waals surface area contributed by atoms with Gasteiger partial charge in [0.25, 0.3) is 0 Å². The van der Waals surface area contributed by atoms with Crippen molar-refractivity contribution in [3.63, 3.8) is 0 Å². The van der Waals surface area contributed by atoms with Gasteiger partial charge in [-0.2, -0.15) is 0 Å². The molecule has 1 aliphatic heterocycles. The maximum Gasteiger partial charge on any atom is 0.316 e. The average Bonchev–Trinajstić information content (AvgIpc) is 2.53. The highest BCUT2D eigenvalue weighted by atomic mass is 35.5. The van der Waals surface area contributed by atoms with Gasteiger partial charge in [0, 0.05) is 6.04 Å². The van der Waals surface area contributed by atoms with Crippen molar-refractivity contribution in [3.05, 3.63) is 23.8 Å². The minimum atomic E-state index is -0.529. The van der Waals surface area contributed by atoms with Gasteiger partial charge in [-0.25, -0.2) is 0 Å². The van der Waals surface area contributed by atoms with E-state index in [1.54, 1.807) is 0 Å². The molecule has 25 heavy (non-hydrogen) atoms. The minimum absolute atomic E-state index is 0. The molecule has 1 aromatic carbocycles. The van der Waals surface area contributed by atoms with Crippen molar-refractivity contribution in [3.8, 4) is 11.5 Å². The van der Waals surface area contributed by atoms with E-state index in [-0.39, 0.29) is 18.4 Å². The number of fused-ring (bicyclic) bond motifs is 1. The lowest BCUT2D eigenvalue weighted by molar-refractivity contribution is -0.143. The fraction of sp³-hybridized carbons (Fsp3) is 0.650. The lowest BCUT2D eigenvalue weighted by Gasteiger charge is -2.35. The van der Waals surface area contributed by atoms with Crippen LogP contribution in [0.4, 0.5) is 0 Å². The summed E-state index contributed by atoms with van der Waals surface area (Å²) in [6, 6.07) is 6.23. The topological polar surface area (TPSA) is 38.8 Å². The summed E-state index contributed by atoms with van der Waals surface area (Å²) >= 11 is 0. The lowest BCUT2D eigenvalue weighted by atomic mass is 9.97. The molecular formula is C20H32ClNO3. The Balaban J connectivity index is 0.00000312. The molecule has 0 aromatic heterocycles. The third kappa shape index (κ3) is 5.61. The minimum Gasteiger partial charge on any atom is -0.488 e. The number of carbonyl (C=O) groups excluding carboxylic acids is 1. The molecule has 0 saturated carbocycles. The molecule has 1 heterocycles. The Bertz CT molecular complexity index is 563. The summed E-state index contributed by atoms with van der Waals surface area (Å²) in [5, 5.41) is 0. The van der Waals surface area contributed by atoms with Crippen LogP contribution < -0.4 is 9.47 Å². The lowest BCUT2D eigenvalue weighted by Crippen LogP contribution is -2.44. The van der Waals surface area contributed by atoms with Gasteiger partial charge in [0.15, 0.2) is 11.5 Å². The summed E-state index contributed by atoms with van der Waals surface area (Å²) in [5.74, 6) is 1.04. The molecule has 0 amide bonds. The molecule has 1 unspecified atom stereocenters. The van der Waals surface area contributed by atoms with Gasteiger partial charge in [0.05, 0.1) is 5.41 Å². The van der Waals surface area contributed by atoms with E-state index in [0.717, 1.165) is 43.7 Å². The molecule has 0 saturated heterocycles. The molecule has 1 aromatic rings. The molecule has 2 rings (SSSR count). The number of nitrogens with zero attached hydrogens (tertiary/aromatic N) is 1. The molecule has 0 bridgehead atoms. The number of benzene rings is 1. The van der Waals surface area contributed by atoms with Crippen molar-refractivity contribution in [1.29, 1.82) is 0 Å². The number of halogens is 1. The van der Waals surface area contributed by atoms with Gasteiger partial charge in [0.2, 0.25) is 0 Å². The normalized spacial score (nSPS) is 16.6. The highest BCUT2D eigenvalue weighted by Crippen LogP contribution is 2.37. The molecule has 0 N–H and O–H groups in total. The Kier molecular flexibility index (Phi) is 8.23. The van der Waals surface area contributed by atoms with Crippen molar-refractivity contribution < 1.29 is 14.3 Å². The zero-order valence-corrected chi connectivity index (χ0v) is 16.9. The first-order chi connectivity index (χ1) is 11.4. The summed E-state index contributed by atoms with van der Waals surface area (Å²) < 4.78 is 11.6. The molecule has 4 nitrogen and oxygen atoms in total. The molecule has 1 aliphatic rings. The number of hydrogen-bond donors (Lipinski definition) is 0. The molecule has 5 heteroatoms. The third-order valence-electron chi connectivity index (χ3n) is 4.29. The molecule has 142 valence electrons. The monoisotopic (exact) mass is 369 g/mol. The SMILES string of the molecule is CCCN(CCC)C1COc2c(cccc2OC(=O)C(C)(C)C)C1.Cl. The van der Waals surface area contributed by atoms with Gasteiger partial charge in [0.1, 0.15) is 6.61 Å². The highest BCUT2D eigenvalue weighted by molar-refractivity contribution is 5.85. The summed E-state index contributed by atoms with van der Waals surface area (Å²) in [6.45, 7) is 12.8. The van der Waals surface area contributed by atoms with Gasteiger partial charge < -0.3 is 9.47 Å². The van der Waals surface area contributed by atoms with Crippen LogP contribution in [-0.2, 0) is 11.2 Å². The Hall–Kier alpha value is -1.26. The molecule has 0 spiro atoms. The number of carbonyl (C=O) groups is 1. The Labute approximate surface area is 158 Å². The zero-order valence-electron chi connectivity index (χ0n) is 16.1. The quantitative estimate of drug-likeness (QED) is 0.547. The van der Waals surface area contributed by atoms with E-state index in [9.17, 15) is 4.79 Å². The van der Waals surface area contributed by atoms with E-state index in [0.29, 0.717) is 18.4 Å². The average molecular weight is 370 g/mol. The standard InChI is InChI=1S/C20H31NO3.ClH/c1-6-11-21(12-7-2)16-13-15-9-8-10-17(18(15)23-14-16)24-19(22)20(3,4)5;/h8-10,16H,6-7,11-14H2,1-5H3;1H. The Morgan fingerprint density at radius 2 is 1.88 bits per heavy atom. The number of rotatable bonds is 6. The van der Waals surface area contributed by atoms with Crippen molar-refractivity contribution in [2.24, 2.45) is 5.41 Å². The van der Waals surface area contributed by atoms with Crippen LogP contribution in [0.3, 0.4) is 0 Å². The zero-order chi connectivity index (χ0) is 17.7. The summed E-state index contributed by atoms with van der Waals surface area (Å²) in [4.78, 5) is 14.7. The second-order valence-electron chi connectivity index (χ2n) is 7.59. The number of para-hydroxylation sites is 1. The molecule has 0 fully saturated rings. The maximum absolute atomic E-state index is 12.2. The van der Waals surface area contributed by atoms with Crippen molar-refractivity contribution in [1.82, 2.24) is 4.90 Å². The number of esters is 1. The van der Waals surface area contributed by atoms with Crippen LogP contribution in [-0.4, -0.2) is 36.6 Å². The van der Waals surface area contributed by atoms with Gasteiger partial charge >= 0.3 is 5.97 Å². The summed E-state index contributed by atoms with van der Waals surface area (Å²) in [7, 11) is 0. The van der Waals surface area contributed by atoms with E-state index in [1.807, 2.05) is 32.9 Å². The second-order valence-corrected chi connectivity index (χ2v) is 7.59. The van der Waals surface area contributed by atoms with Crippen LogP contribution in [0.2, 0.25) is 0 Å². The van der Waals surface area contributed by atoms with Crippen molar-refractivity contribution >= 4 is 18.4 Å². The fourth-order valence-corrected chi connectivity index (χ4v) is 3.00. The predicted octanol–water partition coefficient (Wildman–Crippen LogP) is 4.49. The van der Waals surface area contributed by atoms with E-state index >= 15 is 0 Å². The highest BCUT2D eigenvalue weighted by Gasteiger charge is 2.29. The van der Waals surface area contributed by atoms with E-state index in [2.05, 4.69) is 24.8 Å². The summed E-state index contributed by atoms with van der Waals surface area (Å²) in [6.07, 6.45) is 3.23. The van der Waals surface area contributed by atoms with Gasteiger partial charge in [-0.1, -0.05) is 26.0 Å². The first kappa shape index (κ1) is 21.8. The molecule has 0 aliphatic carbocycles. The van der Waals surface area contributed by atoms with Crippen LogP contribution in [0.25, 0.3) is 0 Å². The van der Waals surface area contributed by atoms with Crippen molar-refractivity contribution in [2.45, 2.75) is 59.9 Å². The second kappa shape index (κ2) is 9.44. The number of ether oxygens (including phenoxy) is 2. The molecular weight excluding hydrogens is 338 g/mol. The first-order valence-corrected chi connectivity index (χ1v) is 9.07. The van der Waals surface area contributed by atoms with Crippen LogP contribution in [0.1, 0.15) is 53.0 Å². The Morgan fingerprint density at radius 1 is 1.24 bits per heavy atom. The smallest absolute Gasteiger partial charge is 0.316 e. The fourth-order valence-electron chi connectivity index (χ4n) is 3.00. The van der Waals surface area contributed by atoms with E-state index in [4.69, 9.17) is 9.47 Å².